The number of aliphatic hydroxyl groups excluding tert-OH is 1. The first kappa shape index (κ1) is 9.67. The lowest BCUT2D eigenvalue weighted by Gasteiger charge is -2.34. The SMILES string of the molecule is O[C@H]1CC[C@@H]1Nc1cccc2ccccc12. The van der Waals surface area contributed by atoms with Crippen molar-refractivity contribution in [3.63, 3.8) is 0 Å². The fourth-order valence-corrected chi connectivity index (χ4v) is 2.20. The fraction of sp³-hybridized carbons (Fsp3) is 0.286. The van der Waals surface area contributed by atoms with Gasteiger partial charge < -0.3 is 10.4 Å². The minimum atomic E-state index is -0.182. The van der Waals surface area contributed by atoms with Gasteiger partial charge in [-0.2, -0.15) is 0 Å². The molecule has 1 fully saturated rings. The second kappa shape index (κ2) is 3.80. The zero-order valence-electron chi connectivity index (χ0n) is 9.06. The molecule has 0 aromatic heterocycles. The summed E-state index contributed by atoms with van der Waals surface area (Å²) in [7, 11) is 0. The summed E-state index contributed by atoms with van der Waals surface area (Å²) in [5.74, 6) is 0. The highest BCUT2D eigenvalue weighted by Gasteiger charge is 2.28. The van der Waals surface area contributed by atoms with E-state index < -0.39 is 0 Å². The molecule has 1 aliphatic rings. The second-order valence-corrected chi connectivity index (χ2v) is 4.42. The number of fused-ring (bicyclic) bond motifs is 1. The summed E-state index contributed by atoms with van der Waals surface area (Å²) in [6.45, 7) is 0. The Kier molecular flexibility index (Phi) is 2.29. The molecule has 2 atom stereocenters. The third-order valence-corrected chi connectivity index (χ3v) is 3.37. The van der Waals surface area contributed by atoms with Gasteiger partial charge in [0.2, 0.25) is 0 Å². The van der Waals surface area contributed by atoms with Crippen molar-refractivity contribution in [2.75, 3.05) is 5.32 Å². The maximum atomic E-state index is 9.58. The molecule has 2 N–H and O–H groups in total. The molecule has 0 bridgehead atoms. The maximum absolute atomic E-state index is 9.58. The largest absolute Gasteiger partial charge is 0.391 e. The lowest BCUT2D eigenvalue weighted by molar-refractivity contribution is 0.0787. The summed E-state index contributed by atoms with van der Waals surface area (Å²) in [6, 6.07) is 14.8. The molecular formula is C14H15NO. The van der Waals surface area contributed by atoms with E-state index in [1.54, 1.807) is 0 Å². The molecule has 2 aromatic carbocycles. The van der Waals surface area contributed by atoms with Crippen LogP contribution in [0.3, 0.4) is 0 Å². The molecule has 2 aromatic rings. The molecule has 1 aliphatic carbocycles. The lowest BCUT2D eigenvalue weighted by atomic mass is 9.89. The standard InChI is InChI=1S/C14H15NO/c16-14-9-8-13(14)15-12-7-3-5-10-4-1-2-6-11(10)12/h1-7,13-16H,8-9H2/t13-,14-/m0/s1. The van der Waals surface area contributed by atoms with Crippen molar-refractivity contribution in [1.82, 2.24) is 0 Å². The van der Waals surface area contributed by atoms with Crippen LogP contribution in [0.4, 0.5) is 5.69 Å². The molecule has 2 heteroatoms. The number of nitrogens with one attached hydrogen (secondary N) is 1. The van der Waals surface area contributed by atoms with Gasteiger partial charge in [0.15, 0.2) is 0 Å². The first-order valence-corrected chi connectivity index (χ1v) is 5.77. The van der Waals surface area contributed by atoms with Crippen LogP contribution in [0.2, 0.25) is 0 Å². The maximum Gasteiger partial charge on any atom is 0.0741 e. The molecule has 0 unspecified atom stereocenters. The Morgan fingerprint density at radius 2 is 1.81 bits per heavy atom. The Balaban J connectivity index is 1.96. The Morgan fingerprint density at radius 3 is 2.56 bits per heavy atom. The van der Waals surface area contributed by atoms with Crippen molar-refractivity contribution in [3.8, 4) is 0 Å². The fourth-order valence-electron chi connectivity index (χ4n) is 2.20. The van der Waals surface area contributed by atoms with Crippen LogP contribution in [0.25, 0.3) is 10.8 Å². The van der Waals surface area contributed by atoms with E-state index in [-0.39, 0.29) is 12.1 Å². The Morgan fingerprint density at radius 1 is 1.00 bits per heavy atom. The van der Waals surface area contributed by atoms with Gasteiger partial charge in [0.05, 0.1) is 12.1 Å². The van der Waals surface area contributed by atoms with Crippen molar-refractivity contribution >= 4 is 16.5 Å². The molecule has 82 valence electrons. The van der Waals surface area contributed by atoms with Crippen LogP contribution in [-0.2, 0) is 0 Å². The first-order valence-electron chi connectivity index (χ1n) is 5.77. The number of anilines is 1. The van der Waals surface area contributed by atoms with Crippen molar-refractivity contribution in [1.29, 1.82) is 0 Å². The van der Waals surface area contributed by atoms with Gasteiger partial charge in [-0.15, -0.1) is 0 Å². The summed E-state index contributed by atoms with van der Waals surface area (Å²) in [5, 5.41) is 15.5. The van der Waals surface area contributed by atoms with E-state index in [1.165, 1.54) is 10.8 Å². The third-order valence-electron chi connectivity index (χ3n) is 3.37. The highest BCUT2D eigenvalue weighted by atomic mass is 16.3. The predicted molar refractivity (Wildman–Crippen MR) is 66.6 cm³/mol. The number of hydrogen-bond donors (Lipinski definition) is 2. The summed E-state index contributed by atoms with van der Waals surface area (Å²) < 4.78 is 0. The van der Waals surface area contributed by atoms with Crippen LogP contribution in [-0.4, -0.2) is 17.3 Å². The zero-order valence-corrected chi connectivity index (χ0v) is 9.06. The molecule has 0 spiro atoms. The van der Waals surface area contributed by atoms with Crippen molar-refractivity contribution in [2.24, 2.45) is 0 Å². The average Bonchev–Trinajstić information content (AvgIpc) is 2.34. The van der Waals surface area contributed by atoms with Crippen molar-refractivity contribution in [3.05, 3.63) is 42.5 Å². The molecule has 0 amide bonds. The van der Waals surface area contributed by atoms with Gasteiger partial charge in [-0.1, -0.05) is 36.4 Å². The van der Waals surface area contributed by atoms with Crippen LogP contribution in [0.5, 0.6) is 0 Å². The minimum Gasteiger partial charge on any atom is -0.391 e. The molecular weight excluding hydrogens is 198 g/mol. The van der Waals surface area contributed by atoms with Gasteiger partial charge in [-0.3, -0.25) is 0 Å². The molecule has 0 aliphatic heterocycles. The lowest BCUT2D eigenvalue weighted by Crippen LogP contribution is -2.42. The first-order chi connectivity index (χ1) is 7.84. The number of rotatable bonds is 2. The van der Waals surface area contributed by atoms with Crippen LogP contribution < -0.4 is 5.32 Å². The smallest absolute Gasteiger partial charge is 0.0741 e. The summed E-state index contributed by atoms with van der Waals surface area (Å²) in [5.41, 5.74) is 1.13. The number of aliphatic hydroxyl groups is 1. The normalized spacial score (nSPS) is 24.1. The summed E-state index contributed by atoms with van der Waals surface area (Å²) >= 11 is 0. The van der Waals surface area contributed by atoms with E-state index in [0.717, 1.165) is 18.5 Å². The Hall–Kier alpha value is -1.54. The summed E-state index contributed by atoms with van der Waals surface area (Å²) in [4.78, 5) is 0. The van der Waals surface area contributed by atoms with Crippen LogP contribution in [0.1, 0.15) is 12.8 Å². The molecule has 16 heavy (non-hydrogen) atoms. The van der Waals surface area contributed by atoms with E-state index in [9.17, 15) is 5.11 Å². The number of hydrogen-bond acceptors (Lipinski definition) is 2. The second-order valence-electron chi connectivity index (χ2n) is 4.42. The van der Waals surface area contributed by atoms with Gasteiger partial charge in [-0.25, -0.2) is 0 Å². The van der Waals surface area contributed by atoms with E-state index in [1.807, 2.05) is 12.1 Å². The van der Waals surface area contributed by atoms with Gasteiger partial charge >= 0.3 is 0 Å². The topological polar surface area (TPSA) is 32.3 Å². The highest BCUT2D eigenvalue weighted by molar-refractivity contribution is 5.93. The zero-order chi connectivity index (χ0) is 11.0. The monoisotopic (exact) mass is 213 g/mol. The van der Waals surface area contributed by atoms with Gasteiger partial charge in [0, 0.05) is 11.1 Å². The number of benzene rings is 2. The molecule has 3 rings (SSSR count). The van der Waals surface area contributed by atoms with E-state index >= 15 is 0 Å². The molecule has 2 nitrogen and oxygen atoms in total. The van der Waals surface area contributed by atoms with Crippen LogP contribution in [0, 0.1) is 0 Å². The van der Waals surface area contributed by atoms with E-state index in [2.05, 4.69) is 35.6 Å². The van der Waals surface area contributed by atoms with Crippen LogP contribution >= 0.6 is 0 Å². The van der Waals surface area contributed by atoms with Gasteiger partial charge in [0.25, 0.3) is 0 Å². The Bertz CT molecular complexity index is 504. The quantitative estimate of drug-likeness (QED) is 0.804. The predicted octanol–water partition coefficient (Wildman–Crippen LogP) is 2.78. The third kappa shape index (κ3) is 1.55. The van der Waals surface area contributed by atoms with Crippen molar-refractivity contribution < 1.29 is 5.11 Å². The van der Waals surface area contributed by atoms with Crippen molar-refractivity contribution in [2.45, 2.75) is 25.0 Å². The average molecular weight is 213 g/mol. The molecule has 0 radical (unpaired) electrons. The Labute approximate surface area is 94.9 Å². The van der Waals surface area contributed by atoms with Gasteiger partial charge in [-0.05, 0) is 24.3 Å². The molecule has 1 saturated carbocycles. The van der Waals surface area contributed by atoms with E-state index in [0.29, 0.717) is 0 Å². The summed E-state index contributed by atoms with van der Waals surface area (Å²) in [6.07, 6.45) is 1.80. The van der Waals surface area contributed by atoms with E-state index in [4.69, 9.17) is 0 Å². The minimum absolute atomic E-state index is 0.182. The molecule has 0 heterocycles. The molecule has 0 saturated heterocycles. The highest BCUT2D eigenvalue weighted by Crippen LogP contribution is 2.28. The van der Waals surface area contributed by atoms with Gasteiger partial charge in [0.1, 0.15) is 0 Å². The van der Waals surface area contributed by atoms with Crippen LogP contribution in [0.15, 0.2) is 42.5 Å².